The van der Waals surface area contributed by atoms with Crippen LogP contribution in [0.5, 0.6) is 0 Å². The predicted molar refractivity (Wildman–Crippen MR) is 86.6 cm³/mol. The van der Waals surface area contributed by atoms with E-state index < -0.39 is 0 Å². The van der Waals surface area contributed by atoms with Crippen LogP contribution in [0.15, 0.2) is 24.3 Å². The highest BCUT2D eigenvalue weighted by Gasteiger charge is 2.15. The van der Waals surface area contributed by atoms with Crippen molar-refractivity contribution in [1.29, 1.82) is 0 Å². The monoisotopic (exact) mass is 291 g/mol. The molecule has 21 heavy (non-hydrogen) atoms. The molecule has 0 radical (unpaired) electrons. The van der Waals surface area contributed by atoms with E-state index in [0.29, 0.717) is 12.1 Å². The molecule has 1 heterocycles. The minimum absolute atomic E-state index is 0.342. The van der Waals surface area contributed by atoms with E-state index in [-0.39, 0.29) is 0 Å². The van der Waals surface area contributed by atoms with Gasteiger partial charge in [-0.3, -0.25) is 0 Å². The summed E-state index contributed by atoms with van der Waals surface area (Å²) in [5, 5.41) is 3.62. The number of benzene rings is 1. The molecule has 0 spiro atoms. The summed E-state index contributed by atoms with van der Waals surface area (Å²) >= 11 is 0. The molecule has 0 aliphatic carbocycles. The zero-order chi connectivity index (χ0) is 14.9. The van der Waals surface area contributed by atoms with Crippen LogP contribution in [0, 0.1) is 6.92 Å². The summed E-state index contributed by atoms with van der Waals surface area (Å²) in [6, 6.07) is 9.27. The number of aryl methyl sites for hydroxylation is 1. The fourth-order valence-electron chi connectivity index (χ4n) is 2.74. The molecule has 0 saturated carbocycles. The molecule has 3 nitrogen and oxygen atoms in total. The number of nitrogens with one attached hydrogen (secondary N) is 1. The summed E-state index contributed by atoms with van der Waals surface area (Å²) in [6.07, 6.45) is 4.84. The first-order valence-electron chi connectivity index (χ1n) is 8.29. The van der Waals surface area contributed by atoms with Crippen molar-refractivity contribution in [3.63, 3.8) is 0 Å². The molecule has 3 heteroatoms. The van der Waals surface area contributed by atoms with Gasteiger partial charge in [0.25, 0.3) is 0 Å². The molecule has 0 amide bonds. The molecule has 2 atom stereocenters. The van der Waals surface area contributed by atoms with Gasteiger partial charge in [0.2, 0.25) is 0 Å². The fourth-order valence-corrected chi connectivity index (χ4v) is 2.74. The van der Waals surface area contributed by atoms with Gasteiger partial charge in [0, 0.05) is 19.3 Å². The van der Waals surface area contributed by atoms with Crippen molar-refractivity contribution < 1.29 is 9.47 Å². The van der Waals surface area contributed by atoms with E-state index >= 15 is 0 Å². The quantitative estimate of drug-likeness (QED) is 0.705. The lowest BCUT2D eigenvalue weighted by Gasteiger charge is -2.18. The fraction of sp³-hybridized carbons (Fsp3) is 0.667. The highest BCUT2D eigenvalue weighted by Crippen LogP contribution is 2.17. The number of ether oxygens (including phenoxy) is 2. The highest BCUT2D eigenvalue weighted by molar-refractivity contribution is 5.23. The molecular weight excluding hydrogens is 262 g/mol. The second-order valence-electron chi connectivity index (χ2n) is 5.89. The Bertz CT molecular complexity index is 385. The third kappa shape index (κ3) is 5.77. The van der Waals surface area contributed by atoms with Crippen molar-refractivity contribution in [2.24, 2.45) is 0 Å². The number of hydrogen-bond acceptors (Lipinski definition) is 3. The van der Waals surface area contributed by atoms with Gasteiger partial charge in [0.15, 0.2) is 0 Å². The molecular formula is C18H29NO2. The van der Waals surface area contributed by atoms with Crippen LogP contribution in [0.3, 0.4) is 0 Å². The zero-order valence-corrected chi connectivity index (χ0v) is 13.4. The van der Waals surface area contributed by atoms with E-state index in [1.807, 2.05) is 0 Å². The molecule has 1 saturated heterocycles. The number of rotatable bonds is 9. The molecule has 0 aromatic heterocycles. The maximum absolute atomic E-state index is 5.69. The first kappa shape index (κ1) is 16.5. The lowest BCUT2D eigenvalue weighted by molar-refractivity contribution is 0.0165. The van der Waals surface area contributed by atoms with Gasteiger partial charge in [-0.05, 0) is 44.7 Å². The Labute approximate surface area is 129 Å². The van der Waals surface area contributed by atoms with Crippen molar-refractivity contribution in [3.05, 3.63) is 35.4 Å². The van der Waals surface area contributed by atoms with Crippen molar-refractivity contribution in [3.8, 4) is 0 Å². The smallest absolute Gasteiger partial charge is 0.0809 e. The van der Waals surface area contributed by atoms with Crippen LogP contribution >= 0.6 is 0 Å². The standard InChI is InChI=1S/C18H29NO2/c1-3-18(16-9-7-15(2)8-10-16)19-11-5-12-20-14-17-6-4-13-21-17/h7-10,17-19H,3-6,11-14H2,1-2H3. The summed E-state index contributed by atoms with van der Waals surface area (Å²) in [4.78, 5) is 0. The second kappa shape index (κ2) is 9.19. The first-order valence-corrected chi connectivity index (χ1v) is 8.29. The molecule has 1 aromatic carbocycles. The van der Waals surface area contributed by atoms with E-state index in [4.69, 9.17) is 9.47 Å². The van der Waals surface area contributed by atoms with Crippen LogP contribution in [0.2, 0.25) is 0 Å². The van der Waals surface area contributed by atoms with Crippen LogP contribution < -0.4 is 5.32 Å². The van der Waals surface area contributed by atoms with Crippen molar-refractivity contribution >= 4 is 0 Å². The van der Waals surface area contributed by atoms with Crippen LogP contribution in [0.1, 0.15) is 49.8 Å². The maximum Gasteiger partial charge on any atom is 0.0809 e. The Kier molecular flexibility index (Phi) is 7.20. The van der Waals surface area contributed by atoms with Gasteiger partial charge in [-0.2, -0.15) is 0 Å². The van der Waals surface area contributed by atoms with Crippen molar-refractivity contribution in [1.82, 2.24) is 5.32 Å². The van der Waals surface area contributed by atoms with E-state index in [2.05, 4.69) is 43.4 Å². The maximum atomic E-state index is 5.69. The van der Waals surface area contributed by atoms with E-state index in [0.717, 1.165) is 45.6 Å². The Morgan fingerprint density at radius 3 is 2.81 bits per heavy atom. The lowest BCUT2D eigenvalue weighted by atomic mass is 10.0. The summed E-state index contributed by atoms with van der Waals surface area (Å²) in [5.41, 5.74) is 2.69. The van der Waals surface area contributed by atoms with Gasteiger partial charge in [0.1, 0.15) is 0 Å². The molecule has 2 rings (SSSR count). The first-order chi connectivity index (χ1) is 10.3. The Balaban J connectivity index is 1.58. The summed E-state index contributed by atoms with van der Waals surface area (Å²) in [5.74, 6) is 0. The lowest BCUT2D eigenvalue weighted by Crippen LogP contribution is -2.23. The Hall–Kier alpha value is -0.900. The average molecular weight is 291 g/mol. The SMILES string of the molecule is CCC(NCCCOCC1CCCO1)c1ccc(C)cc1. The van der Waals surface area contributed by atoms with Gasteiger partial charge < -0.3 is 14.8 Å². The molecule has 1 aromatic rings. The zero-order valence-electron chi connectivity index (χ0n) is 13.4. The molecule has 1 aliphatic rings. The average Bonchev–Trinajstić information content (AvgIpc) is 3.01. The van der Waals surface area contributed by atoms with Crippen molar-refractivity contribution in [2.45, 2.75) is 51.7 Å². The Morgan fingerprint density at radius 1 is 1.33 bits per heavy atom. The molecule has 1 fully saturated rings. The molecule has 1 aliphatic heterocycles. The van der Waals surface area contributed by atoms with Gasteiger partial charge >= 0.3 is 0 Å². The van der Waals surface area contributed by atoms with Crippen molar-refractivity contribution in [2.75, 3.05) is 26.4 Å². The third-order valence-electron chi connectivity index (χ3n) is 4.07. The highest BCUT2D eigenvalue weighted by atomic mass is 16.5. The summed E-state index contributed by atoms with van der Waals surface area (Å²) in [7, 11) is 0. The van der Waals surface area contributed by atoms with Gasteiger partial charge in [-0.15, -0.1) is 0 Å². The van der Waals surface area contributed by atoms with E-state index in [1.165, 1.54) is 17.5 Å². The van der Waals surface area contributed by atoms with Crippen LogP contribution in [0.4, 0.5) is 0 Å². The van der Waals surface area contributed by atoms with Crippen LogP contribution in [-0.4, -0.2) is 32.5 Å². The normalized spacial score (nSPS) is 19.8. The minimum Gasteiger partial charge on any atom is -0.379 e. The Morgan fingerprint density at radius 2 is 2.14 bits per heavy atom. The third-order valence-corrected chi connectivity index (χ3v) is 4.07. The van der Waals surface area contributed by atoms with E-state index in [1.54, 1.807) is 0 Å². The van der Waals surface area contributed by atoms with Crippen LogP contribution in [-0.2, 0) is 9.47 Å². The van der Waals surface area contributed by atoms with E-state index in [9.17, 15) is 0 Å². The minimum atomic E-state index is 0.342. The summed E-state index contributed by atoms with van der Waals surface area (Å²) < 4.78 is 11.2. The summed E-state index contributed by atoms with van der Waals surface area (Å²) in [6.45, 7) is 7.84. The van der Waals surface area contributed by atoms with Crippen LogP contribution in [0.25, 0.3) is 0 Å². The largest absolute Gasteiger partial charge is 0.379 e. The molecule has 1 N–H and O–H groups in total. The molecule has 0 bridgehead atoms. The van der Waals surface area contributed by atoms with Gasteiger partial charge in [-0.25, -0.2) is 0 Å². The second-order valence-corrected chi connectivity index (χ2v) is 5.89. The topological polar surface area (TPSA) is 30.5 Å². The van der Waals surface area contributed by atoms with Gasteiger partial charge in [-0.1, -0.05) is 36.8 Å². The predicted octanol–water partition coefficient (Wildman–Crippen LogP) is 3.62. The molecule has 118 valence electrons. The van der Waals surface area contributed by atoms with Gasteiger partial charge in [0.05, 0.1) is 12.7 Å². The molecule has 2 unspecified atom stereocenters. The number of hydrogen-bond donors (Lipinski definition) is 1.